The third-order valence-electron chi connectivity index (χ3n) is 5.99. The second-order valence-corrected chi connectivity index (χ2v) is 9.51. The summed E-state index contributed by atoms with van der Waals surface area (Å²) in [6, 6.07) is 8.22. The highest BCUT2D eigenvalue weighted by molar-refractivity contribution is 8.01. The van der Waals surface area contributed by atoms with Gasteiger partial charge in [-0.1, -0.05) is 45.4 Å². The van der Waals surface area contributed by atoms with Crippen LogP contribution >= 0.6 is 11.8 Å². The number of amides is 1. The second kappa shape index (κ2) is 24.8. The molecule has 1 aliphatic rings. The van der Waals surface area contributed by atoms with Crippen molar-refractivity contribution in [2.45, 2.75) is 71.4 Å². The molecule has 0 spiro atoms. The Labute approximate surface area is 245 Å². The van der Waals surface area contributed by atoms with Crippen LogP contribution in [0.4, 0.5) is 0 Å². The minimum Gasteiger partial charge on any atom is -0.468 e. The minimum absolute atomic E-state index is 0.125. The molecule has 2 heterocycles. The van der Waals surface area contributed by atoms with Gasteiger partial charge < -0.3 is 14.7 Å². The van der Waals surface area contributed by atoms with Crippen molar-refractivity contribution in [2.24, 2.45) is 4.99 Å². The molecule has 1 aliphatic heterocycles. The molecule has 1 aromatic heterocycles. The molecule has 1 amide bonds. The minimum atomic E-state index is 0.125. The first kappa shape index (κ1) is 36.8. The molecule has 1 aromatic carbocycles. The van der Waals surface area contributed by atoms with Crippen LogP contribution in [0.2, 0.25) is 0 Å². The van der Waals surface area contributed by atoms with Gasteiger partial charge in [-0.3, -0.25) is 19.3 Å². The number of benzene rings is 1. The highest BCUT2D eigenvalue weighted by atomic mass is 32.2. The molecule has 0 saturated carbocycles. The zero-order chi connectivity index (χ0) is 30.0. The largest absolute Gasteiger partial charge is 0.468 e. The number of aliphatic hydroxyl groups is 1. The van der Waals surface area contributed by atoms with E-state index in [4.69, 9.17) is 5.11 Å². The number of ether oxygens (including phenoxy) is 1. The number of nitrogens with zero attached hydrogens (tertiary/aromatic N) is 4. The van der Waals surface area contributed by atoms with Gasteiger partial charge in [0.2, 0.25) is 0 Å². The van der Waals surface area contributed by atoms with Crippen molar-refractivity contribution in [3.8, 4) is 0 Å². The SMILES string of the molecule is C=Cc1cc(C(=O)N2CCCC2Cn2cccn2)ccc1CCCC.C=N/C=C\SC.CCCCOC=O.CO. The summed E-state index contributed by atoms with van der Waals surface area (Å²) in [5, 5.41) is 13.1. The third kappa shape index (κ3) is 14.8. The van der Waals surface area contributed by atoms with Gasteiger partial charge in [0.25, 0.3) is 12.4 Å². The third-order valence-corrected chi connectivity index (χ3v) is 6.39. The van der Waals surface area contributed by atoms with Crippen molar-refractivity contribution in [3.05, 3.63) is 71.5 Å². The van der Waals surface area contributed by atoms with Gasteiger partial charge in [-0.2, -0.15) is 5.10 Å². The molecule has 0 aliphatic carbocycles. The fourth-order valence-electron chi connectivity index (χ4n) is 3.98. The average molecular weight is 573 g/mol. The van der Waals surface area contributed by atoms with Gasteiger partial charge in [-0.25, -0.2) is 0 Å². The van der Waals surface area contributed by atoms with E-state index in [0.29, 0.717) is 13.1 Å². The first-order valence-corrected chi connectivity index (χ1v) is 15.0. The molecule has 3 rings (SSSR count). The number of likely N-dealkylation sites (tertiary alicyclic amines) is 1. The number of hydrogen-bond donors (Lipinski definition) is 1. The summed E-state index contributed by atoms with van der Waals surface area (Å²) in [4.78, 5) is 28.0. The normalized spacial score (nSPS) is 13.6. The number of carbonyl (C=O) groups is 2. The summed E-state index contributed by atoms with van der Waals surface area (Å²) in [7, 11) is 1.00. The number of thioether (sulfide) groups is 1. The van der Waals surface area contributed by atoms with E-state index >= 15 is 0 Å². The molecular formula is C31H48N4O4S. The van der Waals surface area contributed by atoms with E-state index in [2.05, 4.69) is 41.1 Å². The van der Waals surface area contributed by atoms with E-state index in [1.54, 1.807) is 24.2 Å². The van der Waals surface area contributed by atoms with Crippen LogP contribution in [0.5, 0.6) is 0 Å². The maximum absolute atomic E-state index is 13.0. The maximum atomic E-state index is 13.0. The molecule has 0 radical (unpaired) electrons. The molecular weight excluding hydrogens is 524 g/mol. The van der Waals surface area contributed by atoms with Crippen molar-refractivity contribution >= 4 is 36.9 Å². The van der Waals surface area contributed by atoms with Crippen molar-refractivity contribution < 1.29 is 19.4 Å². The van der Waals surface area contributed by atoms with E-state index < -0.39 is 0 Å². The first-order chi connectivity index (χ1) is 19.6. The fraction of sp³-hybridized carbons (Fsp3) is 0.484. The monoisotopic (exact) mass is 572 g/mol. The van der Waals surface area contributed by atoms with Gasteiger partial charge in [0.05, 0.1) is 19.2 Å². The predicted molar refractivity (Wildman–Crippen MR) is 169 cm³/mol. The average Bonchev–Trinajstić information content (AvgIpc) is 3.69. The van der Waals surface area contributed by atoms with Crippen LogP contribution in [0.15, 0.2) is 59.8 Å². The van der Waals surface area contributed by atoms with E-state index in [0.717, 1.165) is 69.9 Å². The lowest BCUT2D eigenvalue weighted by Crippen LogP contribution is -2.38. The maximum Gasteiger partial charge on any atom is 0.293 e. The lowest BCUT2D eigenvalue weighted by Gasteiger charge is -2.25. The number of aliphatic hydroxyl groups excluding tert-OH is 1. The van der Waals surface area contributed by atoms with Crippen molar-refractivity contribution in [1.29, 1.82) is 0 Å². The summed E-state index contributed by atoms with van der Waals surface area (Å²) in [6.45, 7) is 14.1. The van der Waals surface area contributed by atoms with Crippen LogP contribution < -0.4 is 0 Å². The zero-order valence-corrected chi connectivity index (χ0v) is 25.5. The highest BCUT2D eigenvalue weighted by Crippen LogP contribution is 2.23. The Balaban J connectivity index is 0.000000841. The Hall–Kier alpha value is -3.17. The highest BCUT2D eigenvalue weighted by Gasteiger charge is 2.30. The van der Waals surface area contributed by atoms with Crippen LogP contribution in [-0.4, -0.2) is 71.4 Å². The summed E-state index contributed by atoms with van der Waals surface area (Å²) < 4.78 is 6.31. The lowest BCUT2D eigenvalue weighted by atomic mass is 9.99. The second-order valence-electron chi connectivity index (χ2n) is 8.77. The molecule has 1 fully saturated rings. The van der Waals surface area contributed by atoms with Crippen molar-refractivity contribution in [3.63, 3.8) is 0 Å². The lowest BCUT2D eigenvalue weighted by molar-refractivity contribution is -0.128. The summed E-state index contributed by atoms with van der Waals surface area (Å²) in [6.07, 6.45) is 16.7. The Morgan fingerprint density at radius 2 is 2.02 bits per heavy atom. The number of unbranched alkanes of at least 4 members (excludes halogenated alkanes) is 2. The number of rotatable bonds is 13. The molecule has 1 atom stereocenters. The van der Waals surface area contributed by atoms with Gasteiger partial charge in [0.1, 0.15) is 0 Å². The molecule has 40 heavy (non-hydrogen) atoms. The van der Waals surface area contributed by atoms with Crippen LogP contribution in [0.1, 0.15) is 73.9 Å². The zero-order valence-electron chi connectivity index (χ0n) is 24.7. The molecule has 1 saturated heterocycles. The number of carbonyl (C=O) groups excluding carboxylic acids is 2. The van der Waals surface area contributed by atoms with E-state index in [9.17, 15) is 9.59 Å². The molecule has 0 bridgehead atoms. The Morgan fingerprint density at radius 3 is 2.58 bits per heavy atom. The molecule has 1 unspecified atom stereocenters. The predicted octanol–water partition coefficient (Wildman–Crippen LogP) is 6.26. The topological polar surface area (TPSA) is 97.0 Å². The number of aryl methyl sites for hydroxylation is 1. The fourth-order valence-corrected chi connectivity index (χ4v) is 4.18. The van der Waals surface area contributed by atoms with Gasteiger partial charge in [-0.15, -0.1) is 11.8 Å². The van der Waals surface area contributed by atoms with Crippen LogP contribution in [0.3, 0.4) is 0 Å². The number of aliphatic imine (C=N–C) groups is 1. The quantitative estimate of drug-likeness (QED) is 0.173. The first-order valence-electron chi connectivity index (χ1n) is 13.7. The van der Waals surface area contributed by atoms with Crippen LogP contribution in [-0.2, 0) is 22.5 Å². The Kier molecular flexibility index (Phi) is 22.9. The number of aromatic nitrogens is 2. The van der Waals surface area contributed by atoms with Gasteiger partial charge in [-0.05, 0) is 79.8 Å². The van der Waals surface area contributed by atoms with E-state index in [1.807, 2.05) is 58.6 Å². The smallest absolute Gasteiger partial charge is 0.293 e. The van der Waals surface area contributed by atoms with Gasteiger partial charge in [0.15, 0.2) is 0 Å². The number of hydrogen-bond acceptors (Lipinski definition) is 7. The van der Waals surface area contributed by atoms with Crippen molar-refractivity contribution in [2.75, 3.05) is 26.5 Å². The van der Waals surface area contributed by atoms with Gasteiger partial charge >= 0.3 is 0 Å². The van der Waals surface area contributed by atoms with Gasteiger partial charge in [0, 0.05) is 37.8 Å². The van der Waals surface area contributed by atoms with Crippen LogP contribution in [0, 0.1) is 0 Å². The summed E-state index contributed by atoms with van der Waals surface area (Å²) >= 11 is 1.61. The standard InChI is InChI=1S/C21H27N3O.C5H10O2.C4H7NS.CH4O/c1-3-5-8-18-10-11-19(15-17(18)4-2)21(25)24-14-6-9-20(24)16-23-13-7-12-22-23;1-2-3-4-7-5-6;1-5-3-4-6-2;1-2/h4,7,10-13,15,20H,2-3,5-6,8-9,14,16H2,1H3;5H,2-4H2,1H3;3-4H,1H2,2H3;2H,1H3/b;;4-3-;. The van der Waals surface area contributed by atoms with E-state index in [1.165, 1.54) is 12.0 Å². The summed E-state index contributed by atoms with van der Waals surface area (Å²) in [5.74, 6) is 0.125. The Morgan fingerprint density at radius 1 is 1.27 bits per heavy atom. The van der Waals surface area contributed by atoms with Crippen molar-refractivity contribution in [1.82, 2.24) is 14.7 Å². The summed E-state index contributed by atoms with van der Waals surface area (Å²) in [5.41, 5.74) is 3.13. The molecule has 222 valence electrons. The molecule has 2 aromatic rings. The molecule has 9 heteroatoms. The van der Waals surface area contributed by atoms with E-state index in [-0.39, 0.29) is 11.9 Å². The molecule has 8 nitrogen and oxygen atoms in total. The van der Waals surface area contributed by atoms with Crippen LogP contribution in [0.25, 0.3) is 6.08 Å². The molecule has 1 N–H and O–H groups in total. The Bertz CT molecular complexity index is 980.